The summed E-state index contributed by atoms with van der Waals surface area (Å²) in [6.45, 7) is 7.42. The van der Waals surface area contributed by atoms with Gasteiger partial charge in [-0.25, -0.2) is 0 Å². The maximum atomic E-state index is 5.16. The van der Waals surface area contributed by atoms with Crippen LogP contribution in [0.4, 0.5) is 0 Å². The lowest BCUT2D eigenvalue weighted by atomic mass is 9.89. The summed E-state index contributed by atoms with van der Waals surface area (Å²) in [4.78, 5) is 0. The molecule has 1 fully saturated rings. The molecular formula is C17H27NO. The van der Waals surface area contributed by atoms with Gasteiger partial charge in [0.15, 0.2) is 0 Å². The van der Waals surface area contributed by atoms with Gasteiger partial charge in [0.1, 0.15) is 0 Å². The standard InChI is InChI=1S/C17H27NO/c1-17(2,9-10-19-3)13-18-12-14-5-4-6-16(11-14)15-7-8-15/h4-6,11,15,18H,7-10,12-13H2,1-3H3. The number of methoxy groups -OCH3 is 1. The molecule has 19 heavy (non-hydrogen) atoms. The van der Waals surface area contributed by atoms with Gasteiger partial charge in [-0.1, -0.05) is 38.1 Å². The summed E-state index contributed by atoms with van der Waals surface area (Å²) in [5.74, 6) is 0.845. The molecular weight excluding hydrogens is 234 g/mol. The van der Waals surface area contributed by atoms with E-state index in [0.29, 0.717) is 5.41 Å². The van der Waals surface area contributed by atoms with Crippen molar-refractivity contribution in [2.75, 3.05) is 20.3 Å². The zero-order chi connectivity index (χ0) is 13.7. The lowest BCUT2D eigenvalue weighted by Gasteiger charge is -2.24. The first-order valence-electron chi connectivity index (χ1n) is 7.39. The van der Waals surface area contributed by atoms with E-state index >= 15 is 0 Å². The molecule has 0 aromatic heterocycles. The van der Waals surface area contributed by atoms with Crippen LogP contribution < -0.4 is 5.32 Å². The van der Waals surface area contributed by atoms with Gasteiger partial charge in [0, 0.05) is 26.8 Å². The number of rotatable bonds is 8. The number of benzene rings is 1. The Kier molecular flexibility index (Phi) is 5.00. The first kappa shape index (κ1) is 14.5. The molecule has 1 saturated carbocycles. The van der Waals surface area contributed by atoms with Crippen LogP contribution in [0, 0.1) is 5.41 Å². The van der Waals surface area contributed by atoms with E-state index in [0.717, 1.165) is 32.0 Å². The molecule has 1 N–H and O–H groups in total. The van der Waals surface area contributed by atoms with Gasteiger partial charge in [-0.2, -0.15) is 0 Å². The average Bonchev–Trinajstić information content (AvgIpc) is 3.21. The van der Waals surface area contributed by atoms with Gasteiger partial charge >= 0.3 is 0 Å². The van der Waals surface area contributed by atoms with Gasteiger partial charge in [-0.05, 0) is 41.7 Å². The Morgan fingerprint density at radius 3 is 2.79 bits per heavy atom. The Balaban J connectivity index is 1.77. The maximum absolute atomic E-state index is 5.16. The molecule has 2 nitrogen and oxygen atoms in total. The van der Waals surface area contributed by atoms with Crippen LogP contribution in [0.5, 0.6) is 0 Å². The molecule has 106 valence electrons. The summed E-state index contributed by atoms with van der Waals surface area (Å²) in [6.07, 6.45) is 3.85. The third kappa shape index (κ3) is 4.96. The molecule has 0 saturated heterocycles. The van der Waals surface area contributed by atoms with Crippen LogP contribution in [0.1, 0.15) is 50.2 Å². The van der Waals surface area contributed by atoms with Gasteiger partial charge in [0.05, 0.1) is 0 Å². The second-order valence-electron chi connectivity index (χ2n) is 6.53. The second kappa shape index (κ2) is 6.53. The molecule has 2 heteroatoms. The van der Waals surface area contributed by atoms with Crippen LogP contribution in [0.25, 0.3) is 0 Å². The smallest absolute Gasteiger partial charge is 0.0467 e. The fourth-order valence-electron chi connectivity index (χ4n) is 2.39. The fraction of sp³-hybridized carbons (Fsp3) is 0.647. The van der Waals surface area contributed by atoms with Crippen LogP contribution in [0.3, 0.4) is 0 Å². The highest BCUT2D eigenvalue weighted by Crippen LogP contribution is 2.40. The van der Waals surface area contributed by atoms with E-state index in [1.165, 1.54) is 24.0 Å². The largest absolute Gasteiger partial charge is 0.385 e. The number of ether oxygens (including phenoxy) is 1. The van der Waals surface area contributed by atoms with E-state index in [1.54, 1.807) is 7.11 Å². The van der Waals surface area contributed by atoms with Crippen LogP contribution in [-0.4, -0.2) is 20.3 Å². The van der Waals surface area contributed by atoms with Gasteiger partial charge in [0.25, 0.3) is 0 Å². The average molecular weight is 261 g/mol. The predicted octanol–water partition coefficient (Wildman–Crippen LogP) is 3.72. The van der Waals surface area contributed by atoms with Crippen molar-refractivity contribution < 1.29 is 4.74 Å². The van der Waals surface area contributed by atoms with Gasteiger partial charge in [-0.15, -0.1) is 0 Å². The summed E-state index contributed by atoms with van der Waals surface area (Å²) < 4.78 is 5.16. The lowest BCUT2D eigenvalue weighted by Crippen LogP contribution is -2.30. The lowest BCUT2D eigenvalue weighted by molar-refractivity contribution is 0.150. The van der Waals surface area contributed by atoms with Crippen molar-refractivity contribution in [2.45, 2.75) is 45.6 Å². The molecule has 1 aromatic carbocycles. The summed E-state index contributed by atoms with van der Waals surface area (Å²) in [5, 5.41) is 3.58. The van der Waals surface area contributed by atoms with Crippen molar-refractivity contribution in [1.82, 2.24) is 5.32 Å². The molecule has 2 rings (SSSR count). The van der Waals surface area contributed by atoms with Crippen molar-refractivity contribution in [1.29, 1.82) is 0 Å². The van der Waals surface area contributed by atoms with Crippen molar-refractivity contribution in [3.8, 4) is 0 Å². The zero-order valence-electron chi connectivity index (χ0n) is 12.5. The molecule has 1 aromatic rings. The van der Waals surface area contributed by atoms with Crippen LogP contribution in [-0.2, 0) is 11.3 Å². The second-order valence-corrected chi connectivity index (χ2v) is 6.53. The maximum Gasteiger partial charge on any atom is 0.0467 e. The van der Waals surface area contributed by atoms with Crippen LogP contribution in [0.2, 0.25) is 0 Å². The molecule has 0 aliphatic heterocycles. The Morgan fingerprint density at radius 1 is 1.32 bits per heavy atom. The van der Waals surface area contributed by atoms with Gasteiger partial charge in [0.2, 0.25) is 0 Å². The van der Waals surface area contributed by atoms with E-state index in [1.807, 2.05) is 0 Å². The van der Waals surface area contributed by atoms with Crippen molar-refractivity contribution in [3.63, 3.8) is 0 Å². The molecule has 1 aliphatic rings. The van der Waals surface area contributed by atoms with Crippen LogP contribution >= 0.6 is 0 Å². The minimum atomic E-state index is 0.296. The molecule has 0 spiro atoms. The van der Waals surface area contributed by atoms with Gasteiger partial charge in [-0.3, -0.25) is 0 Å². The minimum Gasteiger partial charge on any atom is -0.385 e. The Morgan fingerprint density at radius 2 is 2.11 bits per heavy atom. The normalized spacial score (nSPS) is 15.7. The fourth-order valence-corrected chi connectivity index (χ4v) is 2.39. The highest BCUT2D eigenvalue weighted by molar-refractivity contribution is 5.29. The van der Waals surface area contributed by atoms with Crippen molar-refractivity contribution in [2.24, 2.45) is 5.41 Å². The first-order chi connectivity index (χ1) is 9.11. The van der Waals surface area contributed by atoms with E-state index in [4.69, 9.17) is 4.74 Å². The van der Waals surface area contributed by atoms with E-state index in [-0.39, 0.29) is 0 Å². The zero-order valence-corrected chi connectivity index (χ0v) is 12.5. The summed E-state index contributed by atoms with van der Waals surface area (Å²) >= 11 is 0. The molecule has 0 bridgehead atoms. The molecule has 0 amide bonds. The summed E-state index contributed by atoms with van der Waals surface area (Å²) in [5.41, 5.74) is 3.23. The van der Waals surface area contributed by atoms with E-state index < -0.39 is 0 Å². The first-order valence-corrected chi connectivity index (χ1v) is 7.39. The molecule has 1 aliphatic carbocycles. The van der Waals surface area contributed by atoms with E-state index in [9.17, 15) is 0 Å². The highest BCUT2D eigenvalue weighted by atomic mass is 16.5. The molecule has 0 radical (unpaired) electrons. The predicted molar refractivity (Wildman–Crippen MR) is 80.4 cm³/mol. The topological polar surface area (TPSA) is 21.3 Å². The van der Waals surface area contributed by atoms with Crippen LogP contribution in [0.15, 0.2) is 24.3 Å². The minimum absolute atomic E-state index is 0.296. The van der Waals surface area contributed by atoms with Crippen molar-refractivity contribution >= 4 is 0 Å². The summed E-state index contributed by atoms with van der Waals surface area (Å²) in [6, 6.07) is 9.05. The number of hydrogen-bond acceptors (Lipinski definition) is 2. The SMILES string of the molecule is COCCC(C)(C)CNCc1cccc(C2CC2)c1. The number of hydrogen-bond donors (Lipinski definition) is 1. The Hall–Kier alpha value is -0.860. The van der Waals surface area contributed by atoms with E-state index in [2.05, 4.69) is 43.4 Å². The highest BCUT2D eigenvalue weighted by Gasteiger charge is 2.23. The van der Waals surface area contributed by atoms with Crippen molar-refractivity contribution in [3.05, 3.63) is 35.4 Å². The third-order valence-corrected chi connectivity index (χ3v) is 3.92. The molecule has 0 atom stereocenters. The Bertz CT molecular complexity index is 396. The third-order valence-electron chi connectivity index (χ3n) is 3.92. The Labute approximate surface area is 117 Å². The number of nitrogens with one attached hydrogen (secondary N) is 1. The van der Waals surface area contributed by atoms with Gasteiger partial charge < -0.3 is 10.1 Å². The summed E-state index contributed by atoms with van der Waals surface area (Å²) in [7, 11) is 1.77. The molecule has 0 unspecified atom stereocenters. The molecule has 0 heterocycles. The quantitative estimate of drug-likeness (QED) is 0.770. The monoisotopic (exact) mass is 261 g/mol.